The molecule has 0 radical (unpaired) electrons. The molecule has 0 aliphatic carbocycles. The van der Waals surface area contributed by atoms with Crippen molar-refractivity contribution in [2.45, 2.75) is 44.6 Å². The maximum atomic E-state index is 11.5. The third-order valence-electron chi connectivity index (χ3n) is 4.50. The van der Waals surface area contributed by atoms with Gasteiger partial charge in [0.15, 0.2) is 0 Å². The van der Waals surface area contributed by atoms with Gasteiger partial charge in [-0.1, -0.05) is 6.42 Å². The minimum atomic E-state index is 0.0854. The van der Waals surface area contributed by atoms with Crippen LogP contribution in [-0.2, 0) is 9.53 Å². The molecule has 0 bridgehead atoms. The largest absolute Gasteiger partial charge is 0.381 e. The molecule has 3 N–H and O–H groups in total. The fourth-order valence-corrected chi connectivity index (χ4v) is 3.20. The molecule has 0 aromatic heterocycles. The Morgan fingerprint density at radius 2 is 2.25 bits per heavy atom. The molecule has 2 atom stereocenters. The van der Waals surface area contributed by atoms with E-state index < -0.39 is 0 Å². The molecular formula is C15H29N3O2. The van der Waals surface area contributed by atoms with E-state index in [4.69, 9.17) is 10.5 Å². The molecule has 2 fully saturated rings. The number of hydrogen-bond donors (Lipinski definition) is 2. The average Bonchev–Trinajstić information content (AvgIpc) is 2.97. The van der Waals surface area contributed by atoms with Gasteiger partial charge in [-0.15, -0.1) is 0 Å². The molecule has 2 aliphatic rings. The number of piperidine rings is 1. The Bertz CT molecular complexity index is 293. The molecule has 0 aromatic carbocycles. The standard InChI is InChI=1S/C15H29N3O2/c16-7-4-15(19)17-11-14-3-1-2-8-18(14)9-5-13-6-10-20-12-13/h13-14H,1-12,16H2,(H,17,19). The van der Waals surface area contributed by atoms with E-state index in [1.165, 1.54) is 38.6 Å². The summed E-state index contributed by atoms with van der Waals surface area (Å²) < 4.78 is 5.44. The summed E-state index contributed by atoms with van der Waals surface area (Å²) in [7, 11) is 0. The van der Waals surface area contributed by atoms with Crippen molar-refractivity contribution in [3.63, 3.8) is 0 Å². The van der Waals surface area contributed by atoms with Crippen molar-refractivity contribution in [1.29, 1.82) is 0 Å². The number of carbonyl (C=O) groups is 1. The first kappa shape index (κ1) is 15.7. The second kappa shape index (κ2) is 8.60. The highest BCUT2D eigenvalue weighted by atomic mass is 16.5. The van der Waals surface area contributed by atoms with Crippen molar-refractivity contribution in [2.24, 2.45) is 11.7 Å². The fourth-order valence-electron chi connectivity index (χ4n) is 3.20. The fraction of sp³-hybridized carbons (Fsp3) is 0.933. The molecule has 116 valence electrons. The van der Waals surface area contributed by atoms with Crippen LogP contribution in [0, 0.1) is 5.92 Å². The zero-order valence-corrected chi connectivity index (χ0v) is 12.5. The first-order chi connectivity index (χ1) is 9.79. The van der Waals surface area contributed by atoms with Gasteiger partial charge in [-0.2, -0.15) is 0 Å². The second-order valence-electron chi connectivity index (χ2n) is 6.05. The van der Waals surface area contributed by atoms with Crippen LogP contribution in [0.25, 0.3) is 0 Å². The topological polar surface area (TPSA) is 67.6 Å². The zero-order chi connectivity index (χ0) is 14.2. The van der Waals surface area contributed by atoms with Gasteiger partial charge in [0.2, 0.25) is 5.91 Å². The Morgan fingerprint density at radius 3 is 3.00 bits per heavy atom. The van der Waals surface area contributed by atoms with Crippen molar-refractivity contribution in [3.05, 3.63) is 0 Å². The summed E-state index contributed by atoms with van der Waals surface area (Å²) in [5.74, 6) is 0.826. The summed E-state index contributed by atoms with van der Waals surface area (Å²) in [5.41, 5.74) is 5.40. The highest BCUT2D eigenvalue weighted by molar-refractivity contribution is 5.76. The molecule has 2 unspecified atom stereocenters. The van der Waals surface area contributed by atoms with Gasteiger partial charge in [-0.3, -0.25) is 9.69 Å². The Balaban J connectivity index is 1.71. The molecule has 2 rings (SSSR count). The first-order valence-electron chi connectivity index (χ1n) is 8.08. The van der Waals surface area contributed by atoms with Crippen molar-refractivity contribution in [1.82, 2.24) is 10.2 Å². The lowest BCUT2D eigenvalue weighted by molar-refractivity contribution is -0.121. The molecule has 2 saturated heterocycles. The molecule has 2 aliphatic heterocycles. The Labute approximate surface area is 122 Å². The van der Waals surface area contributed by atoms with Crippen LogP contribution in [0.1, 0.15) is 38.5 Å². The second-order valence-corrected chi connectivity index (χ2v) is 6.05. The summed E-state index contributed by atoms with van der Waals surface area (Å²) in [6.07, 6.45) is 6.64. The van der Waals surface area contributed by atoms with Gasteiger partial charge < -0.3 is 15.8 Å². The van der Waals surface area contributed by atoms with Crippen LogP contribution in [0.4, 0.5) is 0 Å². The normalized spacial score (nSPS) is 27.6. The van der Waals surface area contributed by atoms with Gasteiger partial charge in [0.25, 0.3) is 0 Å². The molecule has 2 heterocycles. The van der Waals surface area contributed by atoms with E-state index in [0.29, 0.717) is 19.0 Å². The van der Waals surface area contributed by atoms with Crippen LogP contribution in [0.15, 0.2) is 0 Å². The summed E-state index contributed by atoms with van der Waals surface area (Å²) in [6, 6.07) is 0.507. The van der Waals surface area contributed by atoms with Gasteiger partial charge in [0.05, 0.1) is 0 Å². The van der Waals surface area contributed by atoms with E-state index in [9.17, 15) is 4.79 Å². The van der Waals surface area contributed by atoms with E-state index in [1.54, 1.807) is 0 Å². The lowest BCUT2D eigenvalue weighted by atomic mass is 9.99. The van der Waals surface area contributed by atoms with Gasteiger partial charge in [0.1, 0.15) is 0 Å². The van der Waals surface area contributed by atoms with Crippen molar-refractivity contribution >= 4 is 5.91 Å². The quantitative estimate of drug-likeness (QED) is 0.723. The van der Waals surface area contributed by atoms with Crippen LogP contribution in [0.2, 0.25) is 0 Å². The molecule has 1 amide bonds. The molecule has 0 saturated carbocycles. The highest BCUT2D eigenvalue weighted by Crippen LogP contribution is 2.21. The lowest BCUT2D eigenvalue weighted by Crippen LogP contribution is -2.47. The van der Waals surface area contributed by atoms with Gasteiger partial charge in [-0.05, 0) is 44.7 Å². The van der Waals surface area contributed by atoms with E-state index in [1.807, 2.05) is 0 Å². The Hall–Kier alpha value is -0.650. The number of ether oxygens (including phenoxy) is 1. The molecular weight excluding hydrogens is 254 g/mol. The van der Waals surface area contributed by atoms with E-state index in [0.717, 1.165) is 32.2 Å². The van der Waals surface area contributed by atoms with E-state index >= 15 is 0 Å². The minimum Gasteiger partial charge on any atom is -0.381 e. The maximum absolute atomic E-state index is 11.5. The number of nitrogens with one attached hydrogen (secondary N) is 1. The third-order valence-corrected chi connectivity index (χ3v) is 4.50. The molecule has 20 heavy (non-hydrogen) atoms. The number of likely N-dealkylation sites (tertiary alicyclic amines) is 1. The van der Waals surface area contributed by atoms with Crippen LogP contribution >= 0.6 is 0 Å². The third kappa shape index (κ3) is 5.04. The monoisotopic (exact) mass is 283 g/mol. The van der Waals surface area contributed by atoms with Gasteiger partial charge in [-0.25, -0.2) is 0 Å². The Kier molecular flexibility index (Phi) is 6.76. The number of nitrogens with two attached hydrogens (primary N) is 1. The smallest absolute Gasteiger partial charge is 0.221 e. The summed E-state index contributed by atoms with van der Waals surface area (Å²) in [6.45, 7) is 5.40. The van der Waals surface area contributed by atoms with Crippen molar-refractivity contribution in [2.75, 3.05) is 39.4 Å². The number of amides is 1. The number of nitrogens with zero attached hydrogens (tertiary/aromatic N) is 1. The van der Waals surface area contributed by atoms with E-state index in [2.05, 4.69) is 10.2 Å². The van der Waals surface area contributed by atoms with Crippen LogP contribution in [0.5, 0.6) is 0 Å². The number of rotatable bonds is 7. The summed E-state index contributed by atoms with van der Waals surface area (Å²) in [5, 5.41) is 3.03. The number of carbonyl (C=O) groups excluding carboxylic acids is 1. The average molecular weight is 283 g/mol. The van der Waals surface area contributed by atoms with Crippen LogP contribution in [-0.4, -0.2) is 56.2 Å². The van der Waals surface area contributed by atoms with Crippen molar-refractivity contribution in [3.8, 4) is 0 Å². The predicted molar refractivity (Wildman–Crippen MR) is 79.4 cm³/mol. The summed E-state index contributed by atoms with van der Waals surface area (Å²) in [4.78, 5) is 14.1. The molecule has 5 nitrogen and oxygen atoms in total. The number of hydrogen-bond acceptors (Lipinski definition) is 4. The predicted octanol–water partition coefficient (Wildman–Crippen LogP) is 0.733. The molecule has 5 heteroatoms. The molecule has 0 spiro atoms. The van der Waals surface area contributed by atoms with Gasteiger partial charge in [0, 0.05) is 38.8 Å². The van der Waals surface area contributed by atoms with Crippen molar-refractivity contribution < 1.29 is 9.53 Å². The van der Waals surface area contributed by atoms with Crippen LogP contribution in [0.3, 0.4) is 0 Å². The summed E-state index contributed by atoms with van der Waals surface area (Å²) >= 11 is 0. The van der Waals surface area contributed by atoms with Gasteiger partial charge >= 0.3 is 0 Å². The molecule has 0 aromatic rings. The zero-order valence-electron chi connectivity index (χ0n) is 12.5. The Morgan fingerprint density at radius 1 is 1.35 bits per heavy atom. The SMILES string of the molecule is NCCC(=O)NCC1CCCCN1CCC1CCOC1. The highest BCUT2D eigenvalue weighted by Gasteiger charge is 2.24. The minimum absolute atomic E-state index is 0.0854. The first-order valence-corrected chi connectivity index (χ1v) is 8.08. The van der Waals surface area contributed by atoms with Crippen LogP contribution < -0.4 is 11.1 Å². The maximum Gasteiger partial charge on any atom is 0.221 e. The lowest BCUT2D eigenvalue weighted by Gasteiger charge is -2.36. The van der Waals surface area contributed by atoms with E-state index in [-0.39, 0.29) is 5.91 Å².